The fraction of sp³-hybridized carbons (Fsp3) is 0.462. The van der Waals surface area contributed by atoms with Crippen molar-refractivity contribution in [1.82, 2.24) is 0 Å². The van der Waals surface area contributed by atoms with Gasteiger partial charge in [0, 0.05) is 6.42 Å². The van der Waals surface area contributed by atoms with Crippen LogP contribution in [0.3, 0.4) is 0 Å². The molecule has 0 radical (unpaired) electrons. The molecule has 4 nitrogen and oxygen atoms in total. The van der Waals surface area contributed by atoms with Gasteiger partial charge in [0.25, 0.3) is 0 Å². The van der Waals surface area contributed by atoms with Crippen molar-refractivity contribution >= 4 is 5.97 Å². The highest BCUT2D eigenvalue weighted by molar-refractivity contribution is 5.72. The average Bonchev–Trinajstić information content (AvgIpc) is 2.29. The molecule has 0 fully saturated rings. The first-order chi connectivity index (χ1) is 8.11. The van der Waals surface area contributed by atoms with Crippen LogP contribution in [-0.2, 0) is 16.0 Å². The molecule has 1 aromatic carbocycles. The zero-order valence-electron chi connectivity index (χ0n) is 10.2. The number of hydrogen-bond donors (Lipinski definition) is 1. The number of aliphatic hydroxyl groups excluding tert-OH is 1. The molecule has 0 amide bonds. The van der Waals surface area contributed by atoms with E-state index in [-0.39, 0.29) is 18.5 Å². The van der Waals surface area contributed by atoms with Gasteiger partial charge in [0.05, 0.1) is 26.2 Å². The maximum atomic E-state index is 11.1. The highest BCUT2D eigenvalue weighted by Crippen LogP contribution is 2.14. The lowest BCUT2D eigenvalue weighted by atomic mass is 10.1. The summed E-state index contributed by atoms with van der Waals surface area (Å²) >= 11 is 0. The number of methoxy groups -OCH3 is 1. The lowest BCUT2D eigenvalue weighted by Crippen LogP contribution is -2.08. The van der Waals surface area contributed by atoms with Crippen molar-refractivity contribution < 1.29 is 19.4 Å². The van der Waals surface area contributed by atoms with Crippen LogP contribution in [0.5, 0.6) is 5.75 Å². The number of aliphatic hydroxyl groups is 1. The van der Waals surface area contributed by atoms with Crippen LogP contribution in [0.4, 0.5) is 0 Å². The van der Waals surface area contributed by atoms with Gasteiger partial charge in [0.2, 0.25) is 0 Å². The summed E-state index contributed by atoms with van der Waals surface area (Å²) in [6.07, 6.45) is 0.457. The normalized spacial score (nSPS) is 11.9. The van der Waals surface area contributed by atoms with Crippen LogP contribution in [0, 0.1) is 0 Å². The van der Waals surface area contributed by atoms with Gasteiger partial charge in [-0.05, 0) is 24.6 Å². The number of ether oxygens (including phenoxy) is 2. The summed E-state index contributed by atoms with van der Waals surface area (Å²) in [6, 6.07) is 7.30. The van der Waals surface area contributed by atoms with Crippen LogP contribution in [0.2, 0.25) is 0 Å². The standard InChI is InChI=1S/C13H18O4/c1-10(14)6-7-17-12-5-3-4-11(8-12)9-13(15)16-2/h3-5,8,10,14H,6-7,9H2,1-2H3/t10-/m1/s1. The second-order valence-corrected chi connectivity index (χ2v) is 3.89. The predicted molar refractivity (Wildman–Crippen MR) is 64.0 cm³/mol. The zero-order valence-corrected chi connectivity index (χ0v) is 10.2. The Bertz CT molecular complexity index is 360. The van der Waals surface area contributed by atoms with Gasteiger partial charge in [-0.2, -0.15) is 0 Å². The van der Waals surface area contributed by atoms with Crippen LogP contribution >= 0.6 is 0 Å². The molecule has 0 saturated heterocycles. The van der Waals surface area contributed by atoms with Gasteiger partial charge >= 0.3 is 5.97 Å². The molecule has 1 aromatic rings. The van der Waals surface area contributed by atoms with Crippen molar-refractivity contribution in [2.45, 2.75) is 25.9 Å². The van der Waals surface area contributed by atoms with Crippen molar-refractivity contribution in [3.8, 4) is 5.75 Å². The summed E-state index contributed by atoms with van der Waals surface area (Å²) in [5.74, 6) is 0.429. The van der Waals surface area contributed by atoms with Crippen molar-refractivity contribution in [2.24, 2.45) is 0 Å². The van der Waals surface area contributed by atoms with Crippen LogP contribution in [-0.4, -0.2) is 30.9 Å². The third kappa shape index (κ3) is 5.36. The Morgan fingerprint density at radius 3 is 2.88 bits per heavy atom. The third-order valence-electron chi connectivity index (χ3n) is 2.28. The van der Waals surface area contributed by atoms with Gasteiger partial charge < -0.3 is 14.6 Å². The Labute approximate surface area is 101 Å². The molecule has 0 bridgehead atoms. The first kappa shape index (κ1) is 13.5. The fourth-order valence-corrected chi connectivity index (χ4v) is 1.33. The largest absolute Gasteiger partial charge is 0.493 e. The lowest BCUT2D eigenvalue weighted by Gasteiger charge is -2.08. The molecule has 0 aliphatic heterocycles. The quantitative estimate of drug-likeness (QED) is 0.764. The number of rotatable bonds is 6. The van der Waals surface area contributed by atoms with E-state index in [1.54, 1.807) is 13.0 Å². The molecule has 0 spiro atoms. The number of esters is 1. The molecule has 0 aromatic heterocycles. The van der Waals surface area contributed by atoms with E-state index in [1.807, 2.05) is 18.2 Å². The lowest BCUT2D eigenvalue weighted by molar-refractivity contribution is -0.139. The molecular weight excluding hydrogens is 220 g/mol. The van der Waals surface area contributed by atoms with Gasteiger partial charge in [-0.3, -0.25) is 4.79 Å². The van der Waals surface area contributed by atoms with E-state index in [1.165, 1.54) is 7.11 Å². The smallest absolute Gasteiger partial charge is 0.309 e. The number of carbonyl (C=O) groups is 1. The molecule has 17 heavy (non-hydrogen) atoms. The van der Waals surface area contributed by atoms with E-state index < -0.39 is 0 Å². The fourth-order valence-electron chi connectivity index (χ4n) is 1.33. The molecule has 0 heterocycles. The molecule has 0 aliphatic carbocycles. The van der Waals surface area contributed by atoms with Gasteiger partial charge in [0.1, 0.15) is 5.75 Å². The minimum atomic E-state index is -0.367. The first-order valence-corrected chi connectivity index (χ1v) is 5.58. The minimum Gasteiger partial charge on any atom is -0.493 e. The summed E-state index contributed by atoms with van der Waals surface area (Å²) in [5.41, 5.74) is 0.853. The topological polar surface area (TPSA) is 55.8 Å². The van der Waals surface area contributed by atoms with Crippen LogP contribution in [0.15, 0.2) is 24.3 Å². The second-order valence-electron chi connectivity index (χ2n) is 3.89. The molecule has 0 saturated carbocycles. The van der Waals surface area contributed by atoms with Crippen molar-refractivity contribution in [3.63, 3.8) is 0 Å². The summed E-state index contributed by atoms with van der Waals surface area (Å²) < 4.78 is 10.1. The number of hydrogen-bond acceptors (Lipinski definition) is 4. The molecular formula is C13H18O4. The Hall–Kier alpha value is -1.55. The molecule has 0 aliphatic rings. The van der Waals surface area contributed by atoms with Gasteiger partial charge in [-0.1, -0.05) is 12.1 Å². The monoisotopic (exact) mass is 238 g/mol. The summed E-state index contributed by atoms with van der Waals surface area (Å²) in [7, 11) is 1.37. The van der Waals surface area contributed by atoms with Gasteiger partial charge in [0.15, 0.2) is 0 Å². The second kappa shape index (κ2) is 6.91. The van der Waals surface area contributed by atoms with Gasteiger partial charge in [-0.25, -0.2) is 0 Å². The van der Waals surface area contributed by atoms with Crippen LogP contribution in [0.25, 0.3) is 0 Å². The third-order valence-corrected chi connectivity index (χ3v) is 2.28. The van der Waals surface area contributed by atoms with Gasteiger partial charge in [-0.15, -0.1) is 0 Å². The van der Waals surface area contributed by atoms with E-state index in [0.717, 1.165) is 5.56 Å². The maximum Gasteiger partial charge on any atom is 0.309 e. The number of benzene rings is 1. The van der Waals surface area contributed by atoms with E-state index >= 15 is 0 Å². The molecule has 4 heteroatoms. The average molecular weight is 238 g/mol. The Morgan fingerprint density at radius 1 is 1.47 bits per heavy atom. The Morgan fingerprint density at radius 2 is 2.24 bits per heavy atom. The maximum absolute atomic E-state index is 11.1. The Balaban J connectivity index is 2.50. The predicted octanol–water partition coefficient (Wildman–Crippen LogP) is 1.55. The van der Waals surface area contributed by atoms with Crippen molar-refractivity contribution in [1.29, 1.82) is 0 Å². The number of carbonyl (C=O) groups excluding carboxylic acids is 1. The van der Waals surface area contributed by atoms with E-state index in [2.05, 4.69) is 4.74 Å². The van der Waals surface area contributed by atoms with Crippen LogP contribution in [0.1, 0.15) is 18.9 Å². The molecule has 1 atom stereocenters. The van der Waals surface area contributed by atoms with E-state index in [9.17, 15) is 4.79 Å². The summed E-state index contributed by atoms with van der Waals surface area (Å²) in [4.78, 5) is 11.1. The molecule has 1 rings (SSSR count). The molecule has 1 N–H and O–H groups in total. The van der Waals surface area contributed by atoms with Crippen LogP contribution < -0.4 is 4.74 Å². The summed E-state index contributed by atoms with van der Waals surface area (Å²) in [5, 5.41) is 9.09. The zero-order chi connectivity index (χ0) is 12.7. The molecule has 0 unspecified atom stereocenters. The minimum absolute atomic E-state index is 0.240. The summed E-state index contributed by atoms with van der Waals surface area (Å²) in [6.45, 7) is 2.18. The SMILES string of the molecule is COC(=O)Cc1cccc(OCC[C@@H](C)O)c1. The van der Waals surface area contributed by atoms with E-state index in [0.29, 0.717) is 18.8 Å². The Kier molecular flexibility index (Phi) is 5.49. The highest BCUT2D eigenvalue weighted by atomic mass is 16.5. The molecule has 94 valence electrons. The highest BCUT2D eigenvalue weighted by Gasteiger charge is 2.04. The van der Waals surface area contributed by atoms with E-state index in [4.69, 9.17) is 9.84 Å². The van der Waals surface area contributed by atoms with Crippen molar-refractivity contribution in [3.05, 3.63) is 29.8 Å². The first-order valence-electron chi connectivity index (χ1n) is 5.58. The van der Waals surface area contributed by atoms with Crippen molar-refractivity contribution in [2.75, 3.05) is 13.7 Å².